The average molecular weight is 700 g/mol. The number of halogens is 1. The van der Waals surface area contributed by atoms with E-state index in [4.69, 9.17) is 14.7 Å². The lowest BCUT2D eigenvalue weighted by Gasteiger charge is -2.42. The van der Waals surface area contributed by atoms with E-state index >= 15 is 0 Å². The van der Waals surface area contributed by atoms with Gasteiger partial charge in [-0.2, -0.15) is 55.7 Å². The molecule has 0 aliphatic carbocycles. The van der Waals surface area contributed by atoms with Gasteiger partial charge >= 0.3 is 6.01 Å². The van der Waals surface area contributed by atoms with Crippen LogP contribution < -0.4 is 14.5 Å². The maximum Gasteiger partial charge on any atom is 0.318 e. The molecule has 1 aromatic heterocycles. The van der Waals surface area contributed by atoms with Gasteiger partial charge in [0, 0.05) is 55.4 Å². The molecule has 2 saturated heterocycles. The Kier molecular flexibility index (Phi) is 13.3. The highest BCUT2D eigenvalue weighted by atomic mass is 32.1. The van der Waals surface area contributed by atoms with Gasteiger partial charge in [-0.3, -0.25) is 9.69 Å². The number of amides is 1. The van der Waals surface area contributed by atoms with Gasteiger partial charge in [0.1, 0.15) is 12.4 Å². The van der Waals surface area contributed by atoms with Crippen molar-refractivity contribution < 1.29 is 13.9 Å². The number of nitrogens with zero attached hydrogens (tertiary/aromatic N) is 7. The number of likely N-dealkylation sites (N-methyl/N-ethyl adjacent to an activating group) is 1. The summed E-state index contributed by atoms with van der Waals surface area (Å²) >= 11 is 0. The summed E-state index contributed by atoms with van der Waals surface area (Å²) < 4.78 is 20.1. The molecular weight excluding hydrogens is 654 g/mol. The van der Waals surface area contributed by atoms with Crippen molar-refractivity contribution in [1.29, 1.82) is 5.26 Å². The summed E-state index contributed by atoms with van der Waals surface area (Å²) in [6, 6.07) is 15.2. The maximum absolute atomic E-state index is 13.8. The molecule has 1 amide bonds. The monoisotopic (exact) mass is 699 g/mol. The van der Waals surface area contributed by atoms with E-state index in [-0.39, 0.29) is 53.5 Å². The molecule has 3 aliphatic rings. The molecule has 3 aliphatic heterocycles. The van der Waals surface area contributed by atoms with E-state index in [1.165, 1.54) is 26.9 Å². The van der Waals surface area contributed by atoms with Crippen molar-refractivity contribution in [2.75, 3.05) is 56.2 Å². The number of ether oxygens (including phenoxy) is 1. The van der Waals surface area contributed by atoms with E-state index < -0.39 is 17.8 Å². The Morgan fingerprint density at radius 2 is 1.81 bits per heavy atom. The number of benzene rings is 2. The lowest BCUT2D eigenvalue weighted by molar-refractivity contribution is -0.131. The van der Waals surface area contributed by atoms with E-state index in [0.717, 1.165) is 43.0 Å². The van der Waals surface area contributed by atoms with Crippen molar-refractivity contribution in [3.63, 3.8) is 0 Å². The van der Waals surface area contributed by atoms with E-state index in [1.807, 2.05) is 0 Å². The van der Waals surface area contributed by atoms with Gasteiger partial charge < -0.3 is 19.4 Å². The van der Waals surface area contributed by atoms with Crippen LogP contribution >= 0.6 is 40.5 Å². The molecule has 0 saturated carbocycles. The lowest BCUT2D eigenvalue weighted by Crippen LogP contribution is -2.55. The van der Waals surface area contributed by atoms with Crippen LogP contribution in [-0.4, -0.2) is 84.1 Å². The fraction of sp³-hybridized carbons (Fsp3) is 0.471. The number of nitriles is 1. The normalized spacial score (nSPS) is 20.7. The first-order chi connectivity index (χ1) is 21.2. The summed E-state index contributed by atoms with van der Waals surface area (Å²) in [5.41, 5.74) is 4.39. The summed E-state index contributed by atoms with van der Waals surface area (Å²) in [6.45, 7) is 11.6. The number of rotatable bonds is 7. The van der Waals surface area contributed by atoms with Gasteiger partial charge in [-0.1, -0.05) is 43.8 Å². The highest BCUT2D eigenvalue weighted by molar-refractivity contribution is 7.59. The number of hydrogen-bond donors (Lipinski definition) is 0. The van der Waals surface area contributed by atoms with Crippen LogP contribution in [0, 0.1) is 24.2 Å². The third kappa shape index (κ3) is 7.94. The summed E-state index contributed by atoms with van der Waals surface area (Å²) in [4.78, 5) is 30.7. The van der Waals surface area contributed by atoms with Crippen LogP contribution in [0.25, 0.3) is 10.8 Å². The SMILES string of the molecule is C=C(F)C(=O)N1CCN(c2nc(OC[C@@H]3C[C@H](C)CN3C)nc3c2CCN(c2cccc4cccc(C)c24)C3)C[C@@H]1CC#N.S.S.S. The fourth-order valence-electron chi connectivity index (χ4n) is 7.17. The van der Waals surface area contributed by atoms with Crippen molar-refractivity contribution in [3.05, 3.63) is 65.6 Å². The third-order valence-corrected chi connectivity index (χ3v) is 9.36. The molecule has 4 heterocycles. The maximum atomic E-state index is 13.8. The number of hydrogen-bond acceptors (Lipinski definition) is 8. The molecule has 254 valence electrons. The van der Waals surface area contributed by atoms with Crippen LogP contribution in [0.4, 0.5) is 15.9 Å². The predicted molar refractivity (Wildman–Crippen MR) is 200 cm³/mol. The molecule has 0 bridgehead atoms. The van der Waals surface area contributed by atoms with Gasteiger partial charge in [0.05, 0.1) is 30.8 Å². The molecule has 0 radical (unpaired) electrons. The quantitative estimate of drug-likeness (QED) is 0.320. The number of likely N-dealkylation sites (tertiary alicyclic amines) is 1. The van der Waals surface area contributed by atoms with Gasteiger partial charge in [0.2, 0.25) is 0 Å². The fourth-order valence-corrected chi connectivity index (χ4v) is 7.17. The Balaban J connectivity index is 0.00000200. The molecule has 2 fully saturated rings. The van der Waals surface area contributed by atoms with Crippen LogP contribution in [0.15, 0.2) is 48.8 Å². The Bertz CT molecular complexity index is 1630. The molecule has 6 rings (SSSR count). The van der Waals surface area contributed by atoms with Gasteiger partial charge in [-0.15, -0.1) is 0 Å². The molecule has 13 heteroatoms. The highest BCUT2D eigenvalue weighted by Gasteiger charge is 2.35. The Labute approximate surface area is 298 Å². The zero-order chi connectivity index (χ0) is 31.0. The van der Waals surface area contributed by atoms with Crippen molar-refractivity contribution in [1.82, 2.24) is 19.8 Å². The second-order valence-corrected chi connectivity index (χ2v) is 12.5. The predicted octanol–water partition coefficient (Wildman–Crippen LogP) is 4.97. The van der Waals surface area contributed by atoms with Crippen molar-refractivity contribution in [3.8, 4) is 12.1 Å². The number of aryl methyl sites for hydroxylation is 1. The van der Waals surface area contributed by atoms with E-state index in [0.29, 0.717) is 44.2 Å². The average Bonchev–Trinajstić information content (AvgIpc) is 3.35. The summed E-state index contributed by atoms with van der Waals surface area (Å²) in [5, 5.41) is 12.0. The molecule has 0 unspecified atom stereocenters. The molecule has 47 heavy (non-hydrogen) atoms. The van der Waals surface area contributed by atoms with Crippen LogP contribution in [0.1, 0.15) is 36.6 Å². The highest BCUT2D eigenvalue weighted by Crippen LogP contribution is 2.36. The second kappa shape index (κ2) is 16.3. The number of carbonyl (C=O) groups excluding carboxylic acids is 1. The summed E-state index contributed by atoms with van der Waals surface area (Å²) in [7, 11) is 2.13. The number of carbonyl (C=O) groups is 1. The number of piperazine rings is 1. The molecular formula is C34H46FN7O2S3. The van der Waals surface area contributed by atoms with Crippen LogP contribution in [0.2, 0.25) is 0 Å². The lowest BCUT2D eigenvalue weighted by atomic mass is 9.99. The van der Waals surface area contributed by atoms with Crippen molar-refractivity contribution >= 4 is 68.7 Å². The smallest absolute Gasteiger partial charge is 0.318 e. The zero-order valence-electron chi connectivity index (χ0n) is 27.3. The number of fused-ring (bicyclic) bond motifs is 2. The molecule has 3 aromatic rings. The zero-order valence-corrected chi connectivity index (χ0v) is 30.3. The van der Waals surface area contributed by atoms with Crippen LogP contribution in [-0.2, 0) is 17.8 Å². The van der Waals surface area contributed by atoms with Crippen molar-refractivity contribution in [2.24, 2.45) is 5.92 Å². The minimum atomic E-state index is -1.01. The van der Waals surface area contributed by atoms with E-state index in [1.54, 1.807) is 0 Å². The first-order valence-corrected chi connectivity index (χ1v) is 15.5. The number of aromatic nitrogens is 2. The van der Waals surface area contributed by atoms with E-state index in [9.17, 15) is 14.4 Å². The Morgan fingerprint density at radius 3 is 2.49 bits per heavy atom. The summed E-state index contributed by atoms with van der Waals surface area (Å²) in [5.74, 6) is -0.371. The third-order valence-electron chi connectivity index (χ3n) is 9.36. The minimum Gasteiger partial charge on any atom is -0.462 e. The standard InChI is InChI=1S/C34H40FN7O2.3H2S/c1-22-17-27(39(4)18-22)21-44-34-37-29-20-40(30-10-6-9-25-8-5-7-23(2)31(25)30)14-12-28(29)32(38-34)41-15-16-42(33(43)24(3)35)26(19-41)11-13-36;;;/h5-10,22,26-27H,3,11-12,14-21H2,1-2,4H3;3*1H2/t22-,26-,27-;;;/m0.../s1. The van der Waals surface area contributed by atoms with Gasteiger partial charge in [0.15, 0.2) is 5.83 Å². The molecule has 9 nitrogen and oxygen atoms in total. The first kappa shape index (κ1) is 38.3. The Morgan fingerprint density at radius 1 is 1.06 bits per heavy atom. The molecule has 2 aromatic carbocycles. The summed E-state index contributed by atoms with van der Waals surface area (Å²) in [6.07, 6.45) is 1.89. The minimum absolute atomic E-state index is 0. The van der Waals surface area contributed by atoms with Gasteiger partial charge in [-0.25, -0.2) is 4.39 Å². The second-order valence-electron chi connectivity index (χ2n) is 12.5. The Hall–Kier alpha value is -3.18. The van der Waals surface area contributed by atoms with Gasteiger partial charge in [-0.05, 0) is 49.7 Å². The number of anilines is 2. The topological polar surface area (TPSA) is 88.8 Å². The largest absolute Gasteiger partial charge is 0.462 e. The van der Waals surface area contributed by atoms with Crippen LogP contribution in [0.5, 0.6) is 6.01 Å². The molecule has 3 atom stereocenters. The molecule has 0 spiro atoms. The van der Waals surface area contributed by atoms with Gasteiger partial charge in [0.25, 0.3) is 5.91 Å². The van der Waals surface area contributed by atoms with E-state index in [2.05, 4.69) is 84.6 Å². The van der Waals surface area contributed by atoms with Crippen LogP contribution in [0.3, 0.4) is 0 Å². The van der Waals surface area contributed by atoms with Crippen molar-refractivity contribution in [2.45, 2.75) is 51.7 Å². The molecule has 0 N–H and O–H groups in total. The first-order valence-electron chi connectivity index (χ1n) is 15.5.